The molecule has 0 aliphatic rings. The average Bonchev–Trinajstić information content (AvgIpc) is 2.28. The highest BCUT2D eigenvalue weighted by molar-refractivity contribution is 5.77. The highest BCUT2D eigenvalue weighted by atomic mass is 16.5. The standard InChI is InChI=1S/C15H23NO3/c1-14(2,15(3,4)18)16-13(17)10-11-19-12-8-6-5-7-9-12/h5-9,18H,10-11H2,1-4H3,(H,16,17). The summed E-state index contributed by atoms with van der Waals surface area (Å²) in [5.41, 5.74) is -1.67. The zero-order chi connectivity index (χ0) is 14.5. The summed E-state index contributed by atoms with van der Waals surface area (Å²) in [6, 6.07) is 9.36. The molecular weight excluding hydrogens is 242 g/mol. The molecule has 4 nitrogen and oxygen atoms in total. The van der Waals surface area contributed by atoms with E-state index in [-0.39, 0.29) is 12.3 Å². The van der Waals surface area contributed by atoms with Crippen molar-refractivity contribution < 1.29 is 14.6 Å². The monoisotopic (exact) mass is 265 g/mol. The van der Waals surface area contributed by atoms with Crippen LogP contribution in [0.5, 0.6) is 5.75 Å². The van der Waals surface area contributed by atoms with Crippen molar-refractivity contribution in [1.82, 2.24) is 5.32 Å². The second-order valence-electron chi connectivity index (χ2n) is 5.64. The molecule has 0 heterocycles. The lowest BCUT2D eigenvalue weighted by Crippen LogP contribution is -2.57. The number of benzene rings is 1. The second-order valence-corrected chi connectivity index (χ2v) is 5.64. The van der Waals surface area contributed by atoms with Gasteiger partial charge in [0.05, 0.1) is 24.2 Å². The molecule has 106 valence electrons. The van der Waals surface area contributed by atoms with E-state index in [1.807, 2.05) is 30.3 Å². The Hall–Kier alpha value is -1.55. The number of carbonyl (C=O) groups is 1. The third-order valence-corrected chi connectivity index (χ3v) is 3.32. The Morgan fingerprint density at radius 3 is 2.32 bits per heavy atom. The summed E-state index contributed by atoms with van der Waals surface area (Å²) in [7, 11) is 0. The predicted molar refractivity (Wildman–Crippen MR) is 75.1 cm³/mol. The van der Waals surface area contributed by atoms with Crippen LogP contribution in [0.2, 0.25) is 0 Å². The van der Waals surface area contributed by atoms with Crippen molar-refractivity contribution >= 4 is 5.91 Å². The van der Waals surface area contributed by atoms with Gasteiger partial charge in [-0.15, -0.1) is 0 Å². The minimum absolute atomic E-state index is 0.136. The number of hydrogen-bond acceptors (Lipinski definition) is 3. The zero-order valence-electron chi connectivity index (χ0n) is 12.1. The number of amides is 1. The van der Waals surface area contributed by atoms with Crippen LogP contribution in [0.1, 0.15) is 34.1 Å². The average molecular weight is 265 g/mol. The molecule has 1 rings (SSSR count). The fourth-order valence-electron chi connectivity index (χ4n) is 1.34. The summed E-state index contributed by atoms with van der Waals surface area (Å²) in [6.07, 6.45) is 0.258. The Kier molecular flexibility index (Phi) is 4.95. The molecule has 1 amide bonds. The van der Waals surface area contributed by atoms with Crippen LogP contribution in [0, 0.1) is 0 Å². The molecule has 0 saturated carbocycles. The molecule has 1 aromatic carbocycles. The normalized spacial score (nSPS) is 12.1. The molecule has 0 radical (unpaired) electrons. The lowest BCUT2D eigenvalue weighted by molar-refractivity contribution is -0.126. The molecule has 0 aromatic heterocycles. The fourth-order valence-corrected chi connectivity index (χ4v) is 1.34. The van der Waals surface area contributed by atoms with Gasteiger partial charge in [-0.1, -0.05) is 18.2 Å². The number of hydrogen-bond donors (Lipinski definition) is 2. The molecule has 0 bridgehead atoms. The molecule has 0 unspecified atom stereocenters. The summed E-state index contributed by atoms with van der Waals surface area (Å²) in [4.78, 5) is 11.8. The van der Waals surface area contributed by atoms with Gasteiger partial charge in [0.25, 0.3) is 0 Å². The first-order valence-electron chi connectivity index (χ1n) is 6.43. The Labute approximate surface area is 114 Å². The first-order chi connectivity index (χ1) is 8.72. The van der Waals surface area contributed by atoms with Crippen molar-refractivity contribution in [3.05, 3.63) is 30.3 Å². The largest absolute Gasteiger partial charge is 0.493 e. The third-order valence-electron chi connectivity index (χ3n) is 3.32. The maximum absolute atomic E-state index is 11.8. The first-order valence-corrected chi connectivity index (χ1v) is 6.43. The molecule has 19 heavy (non-hydrogen) atoms. The van der Waals surface area contributed by atoms with Crippen LogP contribution in [-0.4, -0.2) is 28.8 Å². The number of ether oxygens (including phenoxy) is 1. The minimum Gasteiger partial charge on any atom is -0.493 e. The lowest BCUT2D eigenvalue weighted by Gasteiger charge is -2.38. The zero-order valence-corrected chi connectivity index (χ0v) is 12.1. The topological polar surface area (TPSA) is 58.6 Å². The van der Waals surface area contributed by atoms with E-state index in [4.69, 9.17) is 4.74 Å². The molecular formula is C15H23NO3. The van der Waals surface area contributed by atoms with Gasteiger partial charge >= 0.3 is 0 Å². The van der Waals surface area contributed by atoms with Gasteiger partial charge in [0.2, 0.25) is 5.91 Å². The molecule has 0 fully saturated rings. The summed E-state index contributed by atoms with van der Waals surface area (Å²) in [5.74, 6) is 0.611. The number of carbonyl (C=O) groups excluding carboxylic acids is 1. The Balaban J connectivity index is 2.37. The Bertz CT molecular complexity index is 407. The quantitative estimate of drug-likeness (QED) is 0.828. The second kappa shape index (κ2) is 6.06. The van der Waals surface area contributed by atoms with E-state index in [1.54, 1.807) is 27.7 Å². The van der Waals surface area contributed by atoms with Gasteiger partial charge in [-0.25, -0.2) is 0 Å². The Morgan fingerprint density at radius 2 is 1.79 bits per heavy atom. The summed E-state index contributed by atoms with van der Waals surface area (Å²) >= 11 is 0. The molecule has 0 aliphatic heterocycles. The molecule has 0 atom stereocenters. The van der Waals surface area contributed by atoms with E-state index in [1.165, 1.54) is 0 Å². The Morgan fingerprint density at radius 1 is 1.21 bits per heavy atom. The van der Waals surface area contributed by atoms with Gasteiger partial charge in [-0.05, 0) is 39.8 Å². The highest BCUT2D eigenvalue weighted by Crippen LogP contribution is 2.20. The van der Waals surface area contributed by atoms with Crippen LogP contribution in [-0.2, 0) is 4.79 Å². The van der Waals surface area contributed by atoms with Gasteiger partial charge in [0, 0.05) is 0 Å². The maximum atomic E-state index is 11.8. The number of rotatable bonds is 6. The number of aliphatic hydroxyl groups is 1. The molecule has 4 heteroatoms. The van der Waals surface area contributed by atoms with E-state index in [2.05, 4.69) is 5.32 Å². The smallest absolute Gasteiger partial charge is 0.223 e. The van der Waals surface area contributed by atoms with E-state index < -0.39 is 11.1 Å². The van der Waals surface area contributed by atoms with Crippen LogP contribution < -0.4 is 10.1 Å². The summed E-state index contributed by atoms with van der Waals surface area (Å²) in [6.45, 7) is 7.26. The van der Waals surface area contributed by atoms with Crippen LogP contribution in [0.15, 0.2) is 30.3 Å². The van der Waals surface area contributed by atoms with Gasteiger partial charge < -0.3 is 15.2 Å². The fraction of sp³-hybridized carbons (Fsp3) is 0.533. The summed E-state index contributed by atoms with van der Waals surface area (Å²) in [5, 5.41) is 12.8. The van der Waals surface area contributed by atoms with Crippen LogP contribution in [0.4, 0.5) is 0 Å². The van der Waals surface area contributed by atoms with Crippen molar-refractivity contribution in [3.8, 4) is 5.75 Å². The maximum Gasteiger partial charge on any atom is 0.223 e. The van der Waals surface area contributed by atoms with Gasteiger partial charge in [-0.2, -0.15) is 0 Å². The molecule has 2 N–H and O–H groups in total. The van der Waals surface area contributed by atoms with Crippen molar-refractivity contribution in [3.63, 3.8) is 0 Å². The third kappa shape index (κ3) is 4.91. The van der Waals surface area contributed by atoms with E-state index in [9.17, 15) is 9.90 Å². The highest BCUT2D eigenvalue weighted by Gasteiger charge is 2.36. The van der Waals surface area contributed by atoms with Crippen LogP contribution in [0.3, 0.4) is 0 Å². The van der Waals surface area contributed by atoms with Crippen molar-refractivity contribution in [2.45, 2.75) is 45.3 Å². The first kappa shape index (κ1) is 15.5. The van der Waals surface area contributed by atoms with Gasteiger partial charge in [0.1, 0.15) is 5.75 Å². The molecule has 0 spiro atoms. The van der Waals surface area contributed by atoms with Gasteiger partial charge in [-0.3, -0.25) is 4.79 Å². The molecule has 1 aromatic rings. The number of nitrogens with one attached hydrogen (secondary N) is 1. The van der Waals surface area contributed by atoms with Crippen molar-refractivity contribution in [1.29, 1.82) is 0 Å². The lowest BCUT2D eigenvalue weighted by atomic mass is 9.86. The number of para-hydroxylation sites is 1. The van der Waals surface area contributed by atoms with Gasteiger partial charge in [0.15, 0.2) is 0 Å². The van der Waals surface area contributed by atoms with E-state index >= 15 is 0 Å². The molecule has 0 aliphatic carbocycles. The van der Waals surface area contributed by atoms with Crippen molar-refractivity contribution in [2.75, 3.05) is 6.61 Å². The minimum atomic E-state index is -0.983. The van der Waals surface area contributed by atoms with Crippen molar-refractivity contribution in [2.24, 2.45) is 0 Å². The van der Waals surface area contributed by atoms with E-state index in [0.717, 1.165) is 5.75 Å². The predicted octanol–water partition coefficient (Wildman–Crippen LogP) is 2.12. The van der Waals surface area contributed by atoms with E-state index in [0.29, 0.717) is 6.61 Å². The van der Waals surface area contributed by atoms with Crippen LogP contribution >= 0.6 is 0 Å². The molecule has 0 saturated heterocycles. The SMILES string of the molecule is CC(C)(O)C(C)(C)NC(=O)CCOc1ccccc1. The van der Waals surface area contributed by atoms with Crippen LogP contribution in [0.25, 0.3) is 0 Å². The summed E-state index contributed by atoms with van der Waals surface area (Å²) < 4.78 is 5.45.